The van der Waals surface area contributed by atoms with Crippen molar-refractivity contribution in [3.63, 3.8) is 0 Å². The average molecular weight is 172 g/mol. The predicted molar refractivity (Wildman–Crippen MR) is 49.2 cm³/mol. The summed E-state index contributed by atoms with van der Waals surface area (Å²) < 4.78 is 11.1. The Kier molecular flexibility index (Phi) is 2.79. The van der Waals surface area contributed by atoms with Crippen LogP contribution in [-0.2, 0) is 9.47 Å². The molecule has 0 aromatic heterocycles. The van der Waals surface area contributed by atoms with Gasteiger partial charge in [-0.2, -0.15) is 0 Å². The molecule has 0 aliphatic carbocycles. The molecule has 2 heteroatoms. The lowest BCUT2D eigenvalue weighted by atomic mass is 9.73. The van der Waals surface area contributed by atoms with Gasteiger partial charge in [-0.1, -0.05) is 20.8 Å². The number of ether oxygens (including phenoxy) is 2. The van der Waals surface area contributed by atoms with E-state index < -0.39 is 0 Å². The quantitative estimate of drug-likeness (QED) is 0.604. The minimum atomic E-state index is -0.0642. The van der Waals surface area contributed by atoms with E-state index in [1.165, 1.54) is 0 Å². The van der Waals surface area contributed by atoms with Gasteiger partial charge in [0.1, 0.15) is 0 Å². The van der Waals surface area contributed by atoms with E-state index in [0.717, 1.165) is 26.1 Å². The van der Waals surface area contributed by atoms with Crippen molar-refractivity contribution in [2.24, 2.45) is 5.41 Å². The van der Waals surface area contributed by atoms with Crippen LogP contribution in [0.25, 0.3) is 0 Å². The Labute approximate surface area is 75.2 Å². The number of hydrogen-bond donors (Lipinski definition) is 0. The van der Waals surface area contributed by atoms with E-state index in [0.29, 0.717) is 0 Å². The van der Waals surface area contributed by atoms with Crippen LogP contribution in [0.3, 0.4) is 0 Å². The highest BCUT2D eigenvalue weighted by atomic mass is 16.5. The second-order valence-corrected chi connectivity index (χ2v) is 4.60. The molecule has 0 bridgehead atoms. The second-order valence-electron chi connectivity index (χ2n) is 4.60. The highest BCUT2D eigenvalue weighted by molar-refractivity contribution is 4.93. The summed E-state index contributed by atoms with van der Waals surface area (Å²) in [6.07, 6.45) is 2.23. The number of hydrogen-bond acceptors (Lipinski definition) is 2. The predicted octanol–water partition coefficient (Wildman–Crippen LogP) is 2.23. The molecule has 1 saturated heterocycles. The van der Waals surface area contributed by atoms with E-state index in [-0.39, 0.29) is 11.0 Å². The summed E-state index contributed by atoms with van der Waals surface area (Å²) in [5.41, 5.74) is 0.105. The fourth-order valence-electron chi connectivity index (χ4n) is 1.83. The second kappa shape index (κ2) is 3.35. The van der Waals surface area contributed by atoms with Crippen LogP contribution in [0.5, 0.6) is 0 Å². The molecule has 0 aromatic carbocycles. The molecule has 0 aromatic rings. The average Bonchev–Trinajstić information content (AvgIpc) is 2.04. The Morgan fingerprint density at radius 3 is 2.25 bits per heavy atom. The molecule has 1 unspecified atom stereocenters. The minimum absolute atomic E-state index is 0.0642. The number of rotatable bonds is 1. The van der Waals surface area contributed by atoms with Crippen molar-refractivity contribution in [2.45, 2.75) is 39.2 Å². The van der Waals surface area contributed by atoms with Gasteiger partial charge in [-0.3, -0.25) is 0 Å². The zero-order valence-corrected chi connectivity index (χ0v) is 8.64. The first-order chi connectivity index (χ1) is 5.52. The number of methoxy groups -OCH3 is 1. The van der Waals surface area contributed by atoms with Crippen LogP contribution < -0.4 is 0 Å². The summed E-state index contributed by atoms with van der Waals surface area (Å²) in [4.78, 5) is 0. The van der Waals surface area contributed by atoms with Gasteiger partial charge in [0.05, 0.1) is 12.2 Å². The van der Waals surface area contributed by atoms with Gasteiger partial charge >= 0.3 is 0 Å². The van der Waals surface area contributed by atoms with E-state index in [1.807, 2.05) is 0 Å². The first-order valence-electron chi connectivity index (χ1n) is 4.65. The van der Waals surface area contributed by atoms with Crippen molar-refractivity contribution in [1.29, 1.82) is 0 Å². The van der Waals surface area contributed by atoms with Crippen molar-refractivity contribution in [3.05, 3.63) is 0 Å². The third-order valence-electron chi connectivity index (χ3n) is 2.96. The van der Waals surface area contributed by atoms with Gasteiger partial charge in [0.2, 0.25) is 0 Å². The van der Waals surface area contributed by atoms with Crippen LogP contribution in [-0.4, -0.2) is 25.9 Å². The molecule has 1 fully saturated rings. The molecule has 1 atom stereocenters. The Balaban J connectivity index is 2.73. The van der Waals surface area contributed by atoms with Gasteiger partial charge in [-0.25, -0.2) is 0 Å². The van der Waals surface area contributed by atoms with Crippen LogP contribution in [0.15, 0.2) is 0 Å². The lowest BCUT2D eigenvalue weighted by Gasteiger charge is -2.45. The first kappa shape index (κ1) is 10.0. The maximum Gasteiger partial charge on any atom is 0.0959 e. The summed E-state index contributed by atoms with van der Waals surface area (Å²) in [7, 11) is 1.79. The normalized spacial score (nSPS) is 32.0. The van der Waals surface area contributed by atoms with Gasteiger partial charge in [-0.15, -0.1) is 0 Å². The molecular formula is C10H20O2. The summed E-state index contributed by atoms with van der Waals surface area (Å²) in [6.45, 7) is 8.27. The lowest BCUT2D eigenvalue weighted by molar-refractivity contribution is -0.165. The van der Waals surface area contributed by atoms with Gasteiger partial charge in [0.15, 0.2) is 0 Å². The molecule has 2 nitrogen and oxygen atoms in total. The standard InChI is InChI=1S/C10H20O2/c1-9(2,3)10(11-4)6-5-7-12-8-10/h5-8H2,1-4H3. The SMILES string of the molecule is COC1(C(C)(C)C)CCCOC1. The lowest BCUT2D eigenvalue weighted by Crippen LogP contribution is -2.51. The molecule has 0 spiro atoms. The summed E-state index contributed by atoms with van der Waals surface area (Å²) in [5, 5.41) is 0. The molecule has 0 N–H and O–H groups in total. The van der Waals surface area contributed by atoms with Crippen LogP contribution >= 0.6 is 0 Å². The largest absolute Gasteiger partial charge is 0.378 e. The van der Waals surface area contributed by atoms with Crippen molar-refractivity contribution in [2.75, 3.05) is 20.3 Å². The van der Waals surface area contributed by atoms with Crippen molar-refractivity contribution in [3.8, 4) is 0 Å². The fraction of sp³-hybridized carbons (Fsp3) is 1.00. The summed E-state index contributed by atoms with van der Waals surface area (Å²) >= 11 is 0. The molecule has 0 saturated carbocycles. The van der Waals surface area contributed by atoms with Crippen LogP contribution in [0.2, 0.25) is 0 Å². The molecule has 12 heavy (non-hydrogen) atoms. The molecule has 1 aliphatic heterocycles. The third kappa shape index (κ3) is 1.64. The van der Waals surface area contributed by atoms with E-state index in [2.05, 4.69) is 20.8 Å². The van der Waals surface area contributed by atoms with Crippen LogP contribution in [0.4, 0.5) is 0 Å². The molecular weight excluding hydrogens is 152 g/mol. The zero-order chi connectivity index (χ0) is 9.24. The van der Waals surface area contributed by atoms with E-state index in [1.54, 1.807) is 7.11 Å². The van der Waals surface area contributed by atoms with Crippen molar-refractivity contribution in [1.82, 2.24) is 0 Å². The Morgan fingerprint density at radius 1 is 1.33 bits per heavy atom. The molecule has 0 radical (unpaired) electrons. The van der Waals surface area contributed by atoms with Gasteiger partial charge < -0.3 is 9.47 Å². The molecule has 0 amide bonds. The van der Waals surface area contributed by atoms with Gasteiger partial charge in [0, 0.05) is 13.7 Å². The Morgan fingerprint density at radius 2 is 2.00 bits per heavy atom. The zero-order valence-electron chi connectivity index (χ0n) is 8.64. The topological polar surface area (TPSA) is 18.5 Å². The fourth-order valence-corrected chi connectivity index (χ4v) is 1.83. The van der Waals surface area contributed by atoms with E-state index >= 15 is 0 Å². The van der Waals surface area contributed by atoms with Gasteiger partial charge in [-0.05, 0) is 18.3 Å². The van der Waals surface area contributed by atoms with Crippen molar-refractivity contribution < 1.29 is 9.47 Å². The summed E-state index contributed by atoms with van der Waals surface area (Å²) in [6, 6.07) is 0. The Bertz CT molecular complexity index is 140. The molecule has 1 aliphatic rings. The highest BCUT2D eigenvalue weighted by Crippen LogP contribution is 2.39. The molecule has 1 heterocycles. The van der Waals surface area contributed by atoms with Crippen LogP contribution in [0, 0.1) is 5.41 Å². The minimum Gasteiger partial charge on any atom is -0.378 e. The maximum atomic E-state index is 5.62. The van der Waals surface area contributed by atoms with Gasteiger partial charge in [0.25, 0.3) is 0 Å². The molecule has 72 valence electrons. The smallest absolute Gasteiger partial charge is 0.0959 e. The third-order valence-corrected chi connectivity index (χ3v) is 2.96. The first-order valence-corrected chi connectivity index (χ1v) is 4.65. The monoisotopic (exact) mass is 172 g/mol. The Hall–Kier alpha value is -0.0800. The highest BCUT2D eigenvalue weighted by Gasteiger charge is 2.43. The van der Waals surface area contributed by atoms with E-state index in [9.17, 15) is 0 Å². The molecule has 1 rings (SSSR count). The van der Waals surface area contributed by atoms with E-state index in [4.69, 9.17) is 9.47 Å². The summed E-state index contributed by atoms with van der Waals surface area (Å²) in [5.74, 6) is 0. The van der Waals surface area contributed by atoms with Crippen LogP contribution in [0.1, 0.15) is 33.6 Å². The maximum absolute atomic E-state index is 5.62. The van der Waals surface area contributed by atoms with Crippen molar-refractivity contribution >= 4 is 0 Å².